The number of nitrogens with one attached hydrogen (secondary N) is 1. The number of β-amino-alcohol motifs (C(OH)–C–C–N with tert-alkyl or cyclic N) is 1. The number of hydrogen-bond donors (Lipinski definition) is 2. The van der Waals surface area contributed by atoms with Gasteiger partial charge in [0, 0.05) is 19.6 Å². The van der Waals surface area contributed by atoms with Crippen LogP contribution in [0.4, 0.5) is 0 Å². The van der Waals surface area contributed by atoms with Gasteiger partial charge in [-0.1, -0.05) is 0 Å². The zero-order valence-electron chi connectivity index (χ0n) is 7.82. The normalized spacial score (nSPS) is 20.5. The summed E-state index contributed by atoms with van der Waals surface area (Å²) in [6, 6.07) is 0. The SMILES string of the molecule is CNCC(O)CN1CCOCC1=O. The van der Waals surface area contributed by atoms with Gasteiger partial charge in [-0.2, -0.15) is 0 Å². The molecule has 1 aliphatic heterocycles. The highest BCUT2D eigenvalue weighted by Gasteiger charge is 2.20. The molecule has 13 heavy (non-hydrogen) atoms. The molecule has 1 rings (SSSR count). The molecule has 1 atom stereocenters. The number of likely N-dealkylation sites (N-methyl/N-ethyl adjacent to an activating group) is 1. The second-order valence-electron chi connectivity index (χ2n) is 3.10. The van der Waals surface area contributed by atoms with Crippen molar-refractivity contribution in [3.8, 4) is 0 Å². The first-order valence-electron chi connectivity index (χ1n) is 4.42. The largest absolute Gasteiger partial charge is 0.390 e. The Morgan fingerprint density at radius 1 is 1.77 bits per heavy atom. The maximum Gasteiger partial charge on any atom is 0.248 e. The molecule has 1 fully saturated rings. The number of aliphatic hydroxyl groups is 1. The molecule has 0 radical (unpaired) electrons. The molecule has 0 bridgehead atoms. The van der Waals surface area contributed by atoms with Crippen molar-refractivity contribution in [3.63, 3.8) is 0 Å². The number of rotatable bonds is 4. The van der Waals surface area contributed by atoms with Gasteiger partial charge in [0.15, 0.2) is 0 Å². The predicted octanol–water partition coefficient (Wildman–Crippen LogP) is -1.57. The van der Waals surface area contributed by atoms with Gasteiger partial charge in [0.2, 0.25) is 5.91 Å². The summed E-state index contributed by atoms with van der Waals surface area (Å²) in [6.07, 6.45) is -0.493. The Balaban J connectivity index is 2.29. The first-order chi connectivity index (χ1) is 6.24. The Morgan fingerprint density at radius 3 is 3.15 bits per heavy atom. The number of ether oxygens (including phenoxy) is 1. The molecule has 1 unspecified atom stereocenters. The van der Waals surface area contributed by atoms with Crippen LogP contribution in [0.5, 0.6) is 0 Å². The molecule has 0 aliphatic carbocycles. The lowest BCUT2D eigenvalue weighted by atomic mass is 10.3. The van der Waals surface area contributed by atoms with Crippen LogP contribution in [-0.2, 0) is 9.53 Å². The zero-order valence-corrected chi connectivity index (χ0v) is 7.82. The molecular formula is C8H16N2O3. The minimum Gasteiger partial charge on any atom is -0.390 e. The van der Waals surface area contributed by atoms with Crippen LogP contribution >= 0.6 is 0 Å². The molecule has 0 aromatic rings. The molecule has 1 heterocycles. The first-order valence-corrected chi connectivity index (χ1v) is 4.42. The Kier molecular flexibility index (Phi) is 4.14. The third-order valence-corrected chi connectivity index (χ3v) is 1.95. The van der Waals surface area contributed by atoms with Crippen LogP contribution < -0.4 is 5.32 Å². The van der Waals surface area contributed by atoms with Crippen LogP contribution in [0.25, 0.3) is 0 Å². The lowest BCUT2D eigenvalue weighted by Crippen LogP contribution is -2.46. The van der Waals surface area contributed by atoms with Crippen molar-refractivity contribution >= 4 is 5.91 Å². The van der Waals surface area contributed by atoms with Crippen molar-refractivity contribution in [2.75, 3.05) is 39.9 Å². The summed E-state index contributed by atoms with van der Waals surface area (Å²) >= 11 is 0. The number of carbonyl (C=O) groups is 1. The Hall–Kier alpha value is -0.650. The molecule has 0 aromatic heterocycles. The molecule has 5 nitrogen and oxygen atoms in total. The van der Waals surface area contributed by atoms with Crippen LogP contribution in [0.3, 0.4) is 0 Å². The molecular weight excluding hydrogens is 172 g/mol. The Morgan fingerprint density at radius 2 is 2.54 bits per heavy atom. The van der Waals surface area contributed by atoms with Crippen LogP contribution in [0.2, 0.25) is 0 Å². The van der Waals surface area contributed by atoms with Crippen molar-refractivity contribution in [3.05, 3.63) is 0 Å². The van der Waals surface area contributed by atoms with E-state index in [2.05, 4.69) is 5.32 Å². The maximum atomic E-state index is 11.2. The lowest BCUT2D eigenvalue weighted by Gasteiger charge is -2.28. The number of morpholine rings is 1. The van der Waals surface area contributed by atoms with Gasteiger partial charge in [-0.15, -0.1) is 0 Å². The monoisotopic (exact) mass is 188 g/mol. The van der Waals surface area contributed by atoms with E-state index < -0.39 is 6.10 Å². The van der Waals surface area contributed by atoms with Crippen LogP contribution in [-0.4, -0.2) is 61.9 Å². The fourth-order valence-electron chi connectivity index (χ4n) is 1.30. The number of hydrogen-bond acceptors (Lipinski definition) is 4. The highest BCUT2D eigenvalue weighted by molar-refractivity contribution is 5.78. The molecule has 0 aromatic carbocycles. The van der Waals surface area contributed by atoms with E-state index >= 15 is 0 Å². The molecule has 5 heteroatoms. The second kappa shape index (κ2) is 5.16. The third-order valence-electron chi connectivity index (χ3n) is 1.95. The quantitative estimate of drug-likeness (QED) is 0.559. The molecule has 76 valence electrons. The van der Waals surface area contributed by atoms with E-state index in [1.54, 1.807) is 11.9 Å². The van der Waals surface area contributed by atoms with Gasteiger partial charge >= 0.3 is 0 Å². The van der Waals surface area contributed by atoms with Crippen LogP contribution in [0.1, 0.15) is 0 Å². The zero-order chi connectivity index (χ0) is 9.68. The average Bonchev–Trinajstić information content (AvgIpc) is 2.09. The van der Waals surface area contributed by atoms with E-state index in [1.165, 1.54) is 0 Å². The summed E-state index contributed by atoms with van der Waals surface area (Å²) < 4.78 is 4.97. The van der Waals surface area contributed by atoms with E-state index in [9.17, 15) is 9.90 Å². The lowest BCUT2D eigenvalue weighted by molar-refractivity contribution is -0.144. The van der Waals surface area contributed by atoms with Crippen molar-refractivity contribution < 1.29 is 14.6 Å². The third kappa shape index (κ3) is 3.30. The molecule has 2 N–H and O–H groups in total. The van der Waals surface area contributed by atoms with Crippen molar-refractivity contribution in [1.82, 2.24) is 10.2 Å². The van der Waals surface area contributed by atoms with Gasteiger partial charge in [0.25, 0.3) is 0 Å². The van der Waals surface area contributed by atoms with Gasteiger partial charge < -0.3 is 20.1 Å². The summed E-state index contributed by atoms with van der Waals surface area (Å²) in [5, 5.41) is 12.3. The maximum absolute atomic E-state index is 11.2. The van der Waals surface area contributed by atoms with E-state index in [1.807, 2.05) is 0 Å². The summed E-state index contributed by atoms with van der Waals surface area (Å²) in [4.78, 5) is 12.8. The smallest absolute Gasteiger partial charge is 0.248 e. The van der Waals surface area contributed by atoms with E-state index in [-0.39, 0.29) is 12.5 Å². The summed E-state index contributed by atoms with van der Waals surface area (Å²) in [6.45, 7) is 2.19. The van der Waals surface area contributed by atoms with Crippen molar-refractivity contribution in [1.29, 1.82) is 0 Å². The predicted molar refractivity (Wildman–Crippen MR) is 47.3 cm³/mol. The fourth-order valence-corrected chi connectivity index (χ4v) is 1.30. The van der Waals surface area contributed by atoms with E-state index in [0.717, 1.165) is 0 Å². The van der Waals surface area contributed by atoms with Crippen LogP contribution in [0, 0.1) is 0 Å². The topological polar surface area (TPSA) is 61.8 Å². The number of aliphatic hydroxyl groups excluding tert-OH is 1. The van der Waals surface area contributed by atoms with Crippen LogP contribution in [0.15, 0.2) is 0 Å². The summed E-state index contributed by atoms with van der Waals surface area (Å²) in [7, 11) is 1.77. The number of carbonyl (C=O) groups excluding carboxylic acids is 1. The highest BCUT2D eigenvalue weighted by Crippen LogP contribution is 1.99. The first kappa shape index (κ1) is 10.4. The van der Waals surface area contributed by atoms with Gasteiger partial charge in [-0.25, -0.2) is 0 Å². The highest BCUT2D eigenvalue weighted by atomic mass is 16.5. The van der Waals surface area contributed by atoms with Crippen molar-refractivity contribution in [2.24, 2.45) is 0 Å². The van der Waals surface area contributed by atoms with Gasteiger partial charge in [0.1, 0.15) is 6.61 Å². The van der Waals surface area contributed by atoms with Gasteiger partial charge in [-0.05, 0) is 7.05 Å². The Labute approximate surface area is 77.7 Å². The number of amides is 1. The minimum atomic E-state index is -0.493. The fraction of sp³-hybridized carbons (Fsp3) is 0.875. The standard InChI is InChI=1S/C8H16N2O3/c1-9-4-7(11)5-10-2-3-13-6-8(10)12/h7,9,11H,2-6H2,1H3. The number of nitrogens with zero attached hydrogens (tertiary/aromatic N) is 1. The second-order valence-corrected chi connectivity index (χ2v) is 3.10. The average molecular weight is 188 g/mol. The summed E-state index contributed by atoms with van der Waals surface area (Å²) in [5.74, 6) is -0.0404. The van der Waals surface area contributed by atoms with E-state index in [4.69, 9.17) is 4.74 Å². The van der Waals surface area contributed by atoms with Crippen molar-refractivity contribution in [2.45, 2.75) is 6.10 Å². The molecule has 0 spiro atoms. The Bertz CT molecular complexity index is 175. The molecule has 1 amide bonds. The van der Waals surface area contributed by atoms with Gasteiger partial charge in [-0.3, -0.25) is 4.79 Å². The summed E-state index contributed by atoms with van der Waals surface area (Å²) in [5.41, 5.74) is 0. The minimum absolute atomic E-state index is 0.0404. The van der Waals surface area contributed by atoms with E-state index in [0.29, 0.717) is 26.2 Å². The molecule has 1 aliphatic rings. The molecule has 0 saturated carbocycles. The molecule has 1 saturated heterocycles. The van der Waals surface area contributed by atoms with Gasteiger partial charge in [0.05, 0.1) is 12.7 Å².